The fourth-order valence-corrected chi connectivity index (χ4v) is 2.95. The Morgan fingerprint density at radius 1 is 1.10 bits per heavy atom. The number of rotatable bonds is 9. The number of pyridine rings is 1. The van der Waals surface area contributed by atoms with Gasteiger partial charge in [-0.3, -0.25) is 14.6 Å². The van der Waals surface area contributed by atoms with E-state index in [2.05, 4.69) is 10.3 Å². The highest BCUT2D eigenvalue weighted by Gasteiger charge is 2.28. The summed E-state index contributed by atoms with van der Waals surface area (Å²) >= 11 is 0. The van der Waals surface area contributed by atoms with E-state index < -0.39 is 40.2 Å². The van der Waals surface area contributed by atoms with Gasteiger partial charge in [0, 0.05) is 32.5 Å². The van der Waals surface area contributed by atoms with Gasteiger partial charge in [0.05, 0.1) is 12.8 Å². The van der Waals surface area contributed by atoms with Gasteiger partial charge in [0.25, 0.3) is 0 Å². The second-order valence-corrected chi connectivity index (χ2v) is 9.01. The number of aromatic nitrogens is 1. The Balaban J connectivity index is 2.16. The number of carbonyl (C=O) groups excluding carboxylic acids is 2. The number of amides is 2. The summed E-state index contributed by atoms with van der Waals surface area (Å²) in [7, 11) is -2.28. The van der Waals surface area contributed by atoms with Crippen LogP contribution < -0.4 is 5.32 Å². The number of halogens is 1. The molecule has 8 nitrogen and oxygen atoms in total. The third kappa shape index (κ3) is 6.89. The van der Waals surface area contributed by atoms with Crippen LogP contribution in [-0.4, -0.2) is 60.3 Å². The first kappa shape index (κ1) is 23.4. The molecule has 0 unspecified atom stereocenters. The number of carbonyl (C=O) groups is 2. The Hall–Kier alpha value is -2.85. The Kier molecular flexibility index (Phi) is 8.01. The second-order valence-electron chi connectivity index (χ2n) is 6.92. The van der Waals surface area contributed by atoms with Crippen LogP contribution in [0.4, 0.5) is 4.39 Å². The standard InChI is InChI=1S/C20H25FN4O4S/c1-15(20(27)23-12-16-8-10-22-11-9-16)25(13-17-4-6-18(21)7-5-17)19(26)14-24(2)30(3,28)29/h4-11,15H,12-14H2,1-3H3,(H,23,27)/t15-/m0/s1. The van der Waals surface area contributed by atoms with E-state index in [0.29, 0.717) is 5.56 Å². The molecule has 0 aliphatic heterocycles. The van der Waals surface area contributed by atoms with E-state index in [0.717, 1.165) is 16.1 Å². The van der Waals surface area contributed by atoms with Crippen molar-refractivity contribution in [1.82, 2.24) is 19.5 Å². The quantitative estimate of drug-likeness (QED) is 0.636. The van der Waals surface area contributed by atoms with Crippen molar-refractivity contribution in [2.24, 2.45) is 0 Å². The lowest BCUT2D eigenvalue weighted by molar-refractivity contribution is -0.140. The first-order valence-electron chi connectivity index (χ1n) is 9.19. The molecule has 0 aliphatic carbocycles. The largest absolute Gasteiger partial charge is 0.350 e. The molecule has 2 amide bonds. The maximum atomic E-state index is 13.2. The minimum Gasteiger partial charge on any atom is -0.350 e. The van der Waals surface area contributed by atoms with Crippen LogP contribution in [-0.2, 0) is 32.7 Å². The predicted molar refractivity (Wildman–Crippen MR) is 110 cm³/mol. The van der Waals surface area contributed by atoms with E-state index in [1.54, 1.807) is 31.5 Å². The molecule has 1 aromatic heterocycles. The van der Waals surface area contributed by atoms with Crippen LogP contribution in [0.3, 0.4) is 0 Å². The van der Waals surface area contributed by atoms with E-state index >= 15 is 0 Å². The van der Waals surface area contributed by atoms with E-state index in [9.17, 15) is 22.4 Å². The Morgan fingerprint density at radius 3 is 2.27 bits per heavy atom. The van der Waals surface area contributed by atoms with Gasteiger partial charge in [-0.05, 0) is 42.3 Å². The molecule has 0 saturated heterocycles. The molecule has 0 bridgehead atoms. The average molecular weight is 437 g/mol. The third-order valence-electron chi connectivity index (χ3n) is 4.57. The van der Waals surface area contributed by atoms with E-state index in [1.807, 2.05) is 0 Å². The summed E-state index contributed by atoms with van der Waals surface area (Å²) in [6.07, 6.45) is 4.21. The van der Waals surface area contributed by atoms with Gasteiger partial charge in [0.1, 0.15) is 11.9 Å². The van der Waals surface area contributed by atoms with Crippen molar-refractivity contribution in [2.45, 2.75) is 26.1 Å². The van der Waals surface area contributed by atoms with Crippen LogP contribution in [0, 0.1) is 5.82 Å². The van der Waals surface area contributed by atoms with Crippen LogP contribution in [0.2, 0.25) is 0 Å². The fourth-order valence-electron chi connectivity index (χ4n) is 2.61. The van der Waals surface area contributed by atoms with Crippen molar-refractivity contribution >= 4 is 21.8 Å². The van der Waals surface area contributed by atoms with Gasteiger partial charge in [-0.15, -0.1) is 0 Å². The molecule has 2 aromatic rings. The number of sulfonamides is 1. The summed E-state index contributed by atoms with van der Waals surface area (Å²) in [4.78, 5) is 30.7. The summed E-state index contributed by atoms with van der Waals surface area (Å²) in [6.45, 7) is 1.43. The minimum absolute atomic E-state index is 0.0283. The Morgan fingerprint density at radius 2 is 1.70 bits per heavy atom. The SMILES string of the molecule is C[C@@H](C(=O)NCc1ccncc1)N(Cc1ccc(F)cc1)C(=O)CN(C)S(C)(=O)=O. The van der Waals surface area contributed by atoms with Crippen LogP contribution >= 0.6 is 0 Å². The second kappa shape index (κ2) is 10.3. The van der Waals surface area contributed by atoms with Crippen molar-refractivity contribution in [3.05, 3.63) is 65.7 Å². The number of hydrogen-bond acceptors (Lipinski definition) is 5. The zero-order valence-electron chi connectivity index (χ0n) is 17.1. The Bertz CT molecular complexity index is 968. The zero-order chi connectivity index (χ0) is 22.3. The molecule has 0 fully saturated rings. The first-order chi connectivity index (χ1) is 14.1. The topological polar surface area (TPSA) is 99.7 Å². The van der Waals surface area contributed by atoms with Gasteiger partial charge in [-0.25, -0.2) is 12.8 Å². The van der Waals surface area contributed by atoms with Crippen LogP contribution in [0.5, 0.6) is 0 Å². The van der Waals surface area contributed by atoms with E-state index in [-0.39, 0.29) is 13.1 Å². The molecule has 162 valence electrons. The summed E-state index contributed by atoms with van der Waals surface area (Å²) in [6, 6.07) is 8.18. The molecule has 1 heterocycles. The lowest BCUT2D eigenvalue weighted by Gasteiger charge is -2.30. The number of nitrogens with zero attached hydrogens (tertiary/aromatic N) is 3. The summed E-state index contributed by atoms with van der Waals surface area (Å²) in [5.74, 6) is -1.36. The van der Waals surface area contributed by atoms with Gasteiger partial charge in [0.15, 0.2) is 0 Å². The average Bonchev–Trinajstić information content (AvgIpc) is 2.71. The lowest BCUT2D eigenvalue weighted by Crippen LogP contribution is -2.50. The molecule has 10 heteroatoms. The van der Waals surface area contributed by atoms with Gasteiger partial charge in [-0.1, -0.05) is 12.1 Å². The van der Waals surface area contributed by atoms with Crippen LogP contribution in [0.15, 0.2) is 48.8 Å². The maximum absolute atomic E-state index is 13.2. The molecule has 0 spiro atoms. The van der Waals surface area contributed by atoms with E-state index in [4.69, 9.17) is 0 Å². The molecule has 2 rings (SSSR count). The normalized spacial score (nSPS) is 12.4. The van der Waals surface area contributed by atoms with Crippen molar-refractivity contribution in [2.75, 3.05) is 19.8 Å². The van der Waals surface area contributed by atoms with Crippen molar-refractivity contribution in [3.8, 4) is 0 Å². The van der Waals surface area contributed by atoms with Crippen LogP contribution in [0.25, 0.3) is 0 Å². The molecule has 30 heavy (non-hydrogen) atoms. The number of nitrogens with one attached hydrogen (secondary N) is 1. The van der Waals surface area contributed by atoms with Gasteiger partial charge in [-0.2, -0.15) is 4.31 Å². The van der Waals surface area contributed by atoms with Crippen molar-refractivity contribution < 1.29 is 22.4 Å². The molecule has 1 atom stereocenters. The predicted octanol–water partition coefficient (Wildman–Crippen LogP) is 1.15. The number of hydrogen-bond donors (Lipinski definition) is 1. The molecule has 0 saturated carbocycles. The lowest BCUT2D eigenvalue weighted by atomic mass is 10.1. The smallest absolute Gasteiger partial charge is 0.242 e. The van der Waals surface area contributed by atoms with Gasteiger partial charge in [0.2, 0.25) is 21.8 Å². The molecule has 1 N–H and O–H groups in total. The zero-order valence-corrected chi connectivity index (χ0v) is 17.9. The van der Waals surface area contributed by atoms with E-state index in [1.165, 1.54) is 36.2 Å². The molecular weight excluding hydrogens is 411 g/mol. The minimum atomic E-state index is -3.57. The summed E-state index contributed by atoms with van der Waals surface area (Å²) in [5.41, 5.74) is 1.46. The molecule has 0 radical (unpaired) electrons. The maximum Gasteiger partial charge on any atom is 0.242 e. The highest BCUT2D eigenvalue weighted by atomic mass is 32.2. The summed E-state index contributed by atoms with van der Waals surface area (Å²) < 4.78 is 37.5. The van der Waals surface area contributed by atoms with Crippen LogP contribution in [0.1, 0.15) is 18.1 Å². The molecular formula is C20H25FN4O4S. The first-order valence-corrected chi connectivity index (χ1v) is 11.0. The van der Waals surface area contributed by atoms with Crippen molar-refractivity contribution in [1.29, 1.82) is 0 Å². The number of likely N-dealkylation sites (N-methyl/N-ethyl adjacent to an activating group) is 1. The monoisotopic (exact) mass is 436 g/mol. The van der Waals surface area contributed by atoms with Gasteiger partial charge < -0.3 is 10.2 Å². The summed E-state index contributed by atoms with van der Waals surface area (Å²) in [5, 5.41) is 2.76. The fraction of sp³-hybridized carbons (Fsp3) is 0.350. The highest BCUT2D eigenvalue weighted by Crippen LogP contribution is 2.12. The van der Waals surface area contributed by atoms with Gasteiger partial charge >= 0.3 is 0 Å². The number of benzene rings is 1. The molecule has 1 aromatic carbocycles. The third-order valence-corrected chi connectivity index (χ3v) is 5.84. The Labute approximate surface area is 175 Å². The van der Waals surface area contributed by atoms with Crippen molar-refractivity contribution in [3.63, 3.8) is 0 Å². The highest BCUT2D eigenvalue weighted by molar-refractivity contribution is 7.88. The molecule has 0 aliphatic rings.